The number of nitrogens with two attached hydrogens (primary N) is 1. The quantitative estimate of drug-likeness (QED) is 0.277. The van der Waals surface area contributed by atoms with E-state index in [0.29, 0.717) is 38.4 Å². The van der Waals surface area contributed by atoms with Gasteiger partial charge in [-0.3, -0.25) is 19.3 Å². The highest BCUT2D eigenvalue weighted by molar-refractivity contribution is 6.34. The lowest BCUT2D eigenvalue weighted by atomic mass is 10.1. The van der Waals surface area contributed by atoms with Crippen molar-refractivity contribution in [2.24, 2.45) is 12.8 Å². The van der Waals surface area contributed by atoms with E-state index in [9.17, 15) is 23.2 Å². The van der Waals surface area contributed by atoms with Gasteiger partial charge in [-0.15, -0.1) is 0 Å². The molecule has 1 fully saturated rings. The largest absolute Gasteiger partial charge is 0.476 e. The normalized spacial score (nSPS) is 13.4. The van der Waals surface area contributed by atoms with Crippen LogP contribution < -0.4 is 21.1 Å². The zero-order valence-electron chi connectivity index (χ0n) is 23.2. The van der Waals surface area contributed by atoms with Gasteiger partial charge in [0.05, 0.1) is 29.0 Å². The molecule has 0 aliphatic carbocycles. The lowest BCUT2D eigenvalue weighted by Gasteiger charge is -2.35. The first kappa shape index (κ1) is 31.4. The van der Waals surface area contributed by atoms with Crippen LogP contribution in [0.2, 0.25) is 5.02 Å². The van der Waals surface area contributed by atoms with E-state index in [1.807, 2.05) is 0 Å². The van der Waals surface area contributed by atoms with Crippen molar-refractivity contribution >= 4 is 35.0 Å². The summed E-state index contributed by atoms with van der Waals surface area (Å²) in [6.45, 7) is 3.34. The Morgan fingerprint density at radius 3 is 2.56 bits per heavy atom. The number of amides is 3. The number of piperazine rings is 1. The minimum atomic E-state index is -1.26. The van der Waals surface area contributed by atoms with Gasteiger partial charge in [-0.05, 0) is 30.3 Å². The first-order valence-corrected chi connectivity index (χ1v) is 13.6. The van der Waals surface area contributed by atoms with Crippen molar-refractivity contribution < 1.29 is 27.9 Å². The highest BCUT2D eigenvalue weighted by atomic mass is 35.5. The molecule has 1 saturated heterocycles. The molecule has 12 nitrogen and oxygen atoms in total. The molecule has 2 aromatic carbocycles. The Hall–Kier alpha value is -4.58. The Bertz CT molecular complexity index is 1570. The number of carbonyl (C=O) groups is 3. The number of hydrogen-bond acceptors (Lipinski definition) is 8. The van der Waals surface area contributed by atoms with Gasteiger partial charge in [0, 0.05) is 57.6 Å². The molecule has 1 aromatic heterocycles. The maximum Gasteiger partial charge on any atom is 0.291 e. The van der Waals surface area contributed by atoms with Crippen LogP contribution in [0, 0.1) is 23.0 Å². The summed E-state index contributed by atoms with van der Waals surface area (Å²) in [4.78, 5) is 44.8. The van der Waals surface area contributed by atoms with Crippen LogP contribution in [0.5, 0.6) is 5.75 Å². The Balaban J connectivity index is 1.37. The van der Waals surface area contributed by atoms with Gasteiger partial charge in [0.1, 0.15) is 6.07 Å². The van der Waals surface area contributed by atoms with Crippen molar-refractivity contribution in [1.29, 1.82) is 5.26 Å². The smallest absolute Gasteiger partial charge is 0.291 e. The summed E-state index contributed by atoms with van der Waals surface area (Å²) in [7, 11) is 1.47. The predicted molar refractivity (Wildman–Crippen MR) is 153 cm³/mol. The van der Waals surface area contributed by atoms with E-state index in [-0.39, 0.29) is 40.1 Å². The molecule has 3 amide bonds. The van der Waals surface area contributed by atoms with Gasteiger partial charge in [0.2, 0.25) is 11.7 Å². The van der Waals surface area contributed by atoms with Gasteiger partial charge < -0.3 is 30.6 Å². The van der Waals surface area contributed by atoms with Gasteiger partial charge in [-0.2, -0.15) is 9.65 Å². The molecular formula is C28H29ClF2N8O4. The molecule has 0 spiro atoms. The van der Waals surface area contributed by atoms with Gasteiger partial charge in [0.25, 0.3) is 11.8 Å². The number of imidazole rings is 1. The van der Waals surface area contributed by atoms with E-state index in [4.69, 9.17) is 27.3 Å². The Labute approximate surface area is 251 Å². The molecular weight excluding hydrogens is 586 g/mol. The summed E-state index contributed by atoms with van der Waals surface area (Å²) >= 11 is 6.42. The number of halogens is 3. The average Bonchev–Trinajstić information content (AvgIpc) is 3.37. The van der Waals surface area contributed by atoms with Crippen molar-refractivity contribution in [3.63, 3.8) is 0 Å². The van der Waals surface area contributed by atoms with E-state index >= 15 is 0 Å². The molecule has 1 aliphatic heterocycles. The monoisotopic (exact) mass is 614 g/mol. The van der Waals surface area contributed by atoms with Crippen LogP contribution >= 0.6 is 11.6 Å². The maximum absolute atomic E-state index is 14.8. The number of nitrogens with zero attached hydrogens (tertiary/aromatic N) is 5. The number of hydrogen-bond donors (Lipinski definition) is 3. The molecule has 226 valence electrons. The van der Waals surface area contributed by atoms with Crippen LogP contribution in [0.25, 0.3) is 11.3 Å². The third kappa shape index (κ3) is 7.44. The molecule has 0 saturated carbocycles. The van der Waals surface area contributed by atoms with Crippen LogP contribution in [0.1, 0.15) is 21.0 Å². The van der Waals surface area contributed by atoms with Crippen molar-refractivity contribution in [3.05, 3.63) is 64.6 Å². The third-order valence-corrected chi connectivity index (χ3v) is 7.14. The van der Waals surface area contributed by atoms with Gasteiger partial charge in [-0.25, -0.2) is 9.37 Å². The second kappa shape index (κ2) is 14.1. The molecule has 4 rings (SSSR count). The summed E-state index contributed by atoms with van der Waals surface area (Å²) < 4.78 is 35.4. The second-order valence-corrected chi connectivity index (χ2v) is 10.0. The summed E-state index contributed by atoms with van der Waals surface area (Å²) in [5, 5.41) is 14.4. The maximum atomic E-state index is 14.8. The average molecular weight is 615 g/mol. The molecule has 2 heterocycles. The molecule has 0 radical (unpaired) electrons. The number of ether oxygens (including phenoxy) is 1. The minimum Gasteiger partial charge on any atom is -0.476 e. The number of aromatic nitrogens is 2. The Morgan fingerprint density at radius 2 is 1.88 bits per heavy atom. The lowest BCUT2D eigenvalue weighted by Crippen LogP contribution is -2.50. The van der Waals surface area contributed by atoms with Crippen molar-refractivity contribution in [2.75, 3.05) is 57.7 Å². The fraction of sp³-hybridized carbons (Fsp3) is 0.321. The number of primary amides is 1. The number of nitriles is 1. The number of carbonyl (C=O) groups excluding carboxylic acids is 3. The van der Waals surface area contributed by atoms with Gasteiger partial charge >= 0.3 is 0 Å². The van der Waals surface area contributed by atoms with E-state index < -0.39 is 35.8 Å². The van der Waals surface area contributed by atoms with Crippen molar-refractivity contribution in [3.8, 4) is 23.1 Å². The van der Waals surface area contributed by atoms with Crippen LogP contribution in [0.4, 0.5) is 14.5 Å². The van der Waals surface area contributed by atoms with Crippen LogP contribution in [0.15, 0.2) is 36.5 Å². The molecule has 0 bridgehead atoms. The van der Waals surface area contributed by atoms with Crippen molar-refractivity contribution in [2.45, 2.75) is 0 Å². The Kier molecular flexibility index (Phi) is 10.3. The SMILES string of the molecule is Cn1c(-c2ccc(OCC#N)c(F)c2F)cnc1C(=O)Nc1ccc(C(=O)N2CCN(CCNCC(N)=O)CC2)c(Cl)c1. The predicted octanol–water partition coefficient (Wildman–Crippen LogP) is 2.01. The molecule has 1 aliphatic rings. The molecule has 0 unspecified atom stereocenters. The number of anilines is 1. The van der Waals surface area contributed by atoms with E-state index in [0.717, 1.165) is 6.54 Å². The minimum absolute atomic E-state index is 0.0846. The van der Waals surface area contributed by atoms with E-state index in [2.05, 4.69) is 20.5 Å². The standard InChI is InChI=1S/C28H29ClF2N8O4/c1-37-21(19-4-5-22(43-13-6-32)25(31)24(19)30)15-35-26(37)27(41)36-17-2-3-18(20(29)14-17)28(42)39-11-9-38(10-12-39)8-7-34-16-23(33)40/h2-5,14-15,34H,7-13,16H2,1H3,(H2,33,40)(H,36,41). The number of rotatable bonds is 11. The fourth-order valence-corrected chi connectivity index (χ4v) is 4.83. The first-order chi connectivity index (χ1) is 20.6. The van der Waals surface area contributed by atoms with E-state index in [1.165, 1.54) is 48.1 Å². The van der Waals surface area contributed by atoms with Gasteiger partial charge in [0.15, 0.2) is 24.0 Å². The highest BCUT2D eigenvalue weighted by Gasteiger charge is 2.25. The molecule has 4 N–H and O–H groups in total. The Morgan fingerprint density at radius 1 is 1.14 bits per heavy atom. The summed E-state index contributed by atoms with van der Waals surface area (Å²) in [5.41, 5.74) is 5.69. The highest BCUT2D eigenvalue weighted by Crippen LogP contribution is 2.30. The topological polar surface area (TPSA) is 159 Å². The zero-order chi connectivity index (χ0) is 31.1. The van der Waals surface area contributed by atoms with E-state index in [1.54, 1.807) is 11.0 Å². The first-order valence-electron chi connectivity index (χ1n) is 13.2. The molecule has 0 atom stereocenters. The number of benzene rings is 2. The summed E-state index contributed by atoms with van der Waals surface area (Å²) in [6, 6.07) is 8.65. The zero-order valence-corrected chi connectivity index (χ0v) is 24.0. The number of nitrogens with one attached hydrogen (secondary N) is 2. The van der Waals surface area contributed by atoms with Crippen LogP contribution in [-0.2, 0) is 11.8 Å². The van der Waals surface area contributed by atoms with Crippen LogP contribution in [0.3, 0.4) is 0 Å². The van der Waals surface area contributed by atoms with Gasteiger partial charge in [-0.1, -0.05) is 11.6 Å². The summed E-state index contributed by atoms with van der Waals surface area (Å²) in [6.07, 6.45) is 1.23. The second-order valence-electron chi connectivity index (χ2n) is 9.64. The van der Waals surface area contributed by atoms with Crippen LogP contribution in [-0.4, -0.2) is 89.5 Å². The van der Waals surface area contributed by atoms with Crippen molar-refractivity contribution in [1.82, 2.24) is 24.7 Å². The molecule has 43 heavy (non-hydrogen) atoms. The molecule has 3 aromatic rings. The third-order valence-electron chi connectivity index (χ3n) is 6.83. The summed E-state index contributed by atoms with van der Waals surface area (Å²) in [5.74, 6) is -4.26. The molecule has 15 heteroatoms. The fourth-order valence-electron chi connectivity index (χ4n) is 4.57. The lowest BCUT2D eigenvalue weighted by molar-refractivity contribution is -0.117.